The first kappa shape index (κ1) is 20.5. The van der Waals surface area contributed by atoms with Gasteiger partial charge in [0.2, 0.25) is 0 Å². The summed E-state index contributed by atoms with van der Waals surface area (Å²) in [6.45, 7) is 9.16. The maximum absolute atomic E-state index is 13.2. The summed E-state index contributed by atoms with van der Waals surface area (Å²) < 4.78 is 11.3. The van der Waals surface area contributed by atoms with E-state index >= 15 is 0 Å². The largest absolute Gasteiger partial charge is 0.464 e. The van der Waals surface area contributed by atoms with Gasteiger partial charge in [-0.3, -0.25) is 9.59 Å². The number of hydrogen-bond acceptors (Lipinski definition) is 7. The molecule has 1 aliphatic heterocycles. The van der Waals surface area contributed by atoms with E-state index in [-0.39, 0.29) is 12.5 Å². The smallest absolute Gasteiger partial charge is 0.316 e. The van der Waals surface area contributed by atoms with Gasteiger partial charge in [0.15, 0.2) is 0 Å². The molecule has 3 aliphatic carbocycles. The molecule has 0 radical (unpaired) electrons. The van der Waals surface area contributed by atoms with Crippen molar-refractivity contribution in [2.75, 3.05) is 6.61 Å². The molecule has 2 bridgehead atoms. The summed E-state index contributed by atoms with van der Waals surface area (Å²) in [5.74, 6) is -2.65. The van der Waals surface area contributed by atoms with Crippen LogP contribution in [0.4, 0.5) is 0 Å². The van der Waals surface area contributed by atoms with Gasteiger partial charge < -0.3 is 24.5 Å². The van der Waals surface area contributed by atoms with E-state index in [4.69, 9.17) is 9.47 Å². The molecule has 2 N–H and O–H groups in total. The molecule has 4 aliphatic rings. The minimum Gasteiger partial charge on any atom is -0.464 e. The van der Waals surface area contributed by atoms with Crippen LogP contribution < -0.4 is 0 Å². The number of carbonyl (C=O) groups is 3. The second-order valence-corrected chi connectivity index (χ2v) is 10.1. The molecular weight excluding hydrogens is 376 g/mol. The zero-order chi connectivity index (χ0) is 21.4. The van der Waals surface area contributed by atoms with E-state index in [1.165, 1.54) is 6.92 Å². The Morgan fingerprint density at radius 3 is 2.66 bits per heavy atom. The Kier molecular flexibility index (Phi) is 4.52. The molecule has 0 amide bonds. The number of esters is 2. The molecule has 0 aromatic rings. The molecule has 4 fully saturated rings. The topological polar surface area (TPSA) is 110 Å². The Morgan fingerprint density at radius 1 is 1.34 bits per heavy atom. The van der Waals surface area contributed by atoms with Crippen molar-refractivity contribution >= 4 is 18.2 Å². The first-order valence-electron chi connectivity index (χ1n) is 10.4. The van der Waals surface area contributed by atoms with Crippen molar-refractivity contribution in [2.24, 2.45) is 34.0 Å². The number of aliphatic hydroxyl groups is 2. The molecule has 7 heteroatoms. The molecule has 7 nitrogen and oxygen atoms in total. The summed E-state index contributed by atoms with van der Waals surface area (Å²) in [4.78, 5) is 37.5. The van der Waals surface area contributed by atoms with Crippen molar-refractivity contribution in [2.45, 2.75) is 64.8 Å². The molecule has 3 saturated carbocycles. The fourth-order valence-corrected chi connectivity index (χ4v) is 7.17. The lowest BCUT2D eigenvalue weighted by Crippen LogP contribution is -2.71. The van der Waals surface area contributed by atoms with Gasteiger partial charge in [-0.25, -0.2) is 0 Å². The number of ether oxygens (including phenoxy) is 2. The number of rotatable bonds is 2. The van der Waals surface area contributed by atoms with E-state index in [2.05, 4.69) is 6.58 Å². The van der Waals surface area contributed by atoms with E-state index in [1.54, 1.807) is 0 Å². The number of hydrogen-bond donors (Lipinski definition) is 2. The monoisotopic (exact) mass is 406 g/mol. The Labute approximate surface area is 170 Å². The Hall–Kier alpha value is -1.73. The van der Waals surface area contributed by atoms with Crippen molar-refractivity contribution in [1.29, 1.82) is 0 Å². The first-order valence-corrected chi connectivity index (χ1v) is 10.4. The van der Waals surface area contributed by atoms with Crippen molar-refractivity contribution in [3.05, 3.63) is 12.2 Å². The SMILES string of the molecule is C=C1[C@@H]2C[C@H](O)[C@@H]3[C@](C2)(C(=O)OC[C@]32[C@H](C=O)C(C)(C)CC[C@@H]2O)[C@@H]1OC(C)=O. The van der Waals surface area contributed by atoms with Crippen LogP contribution in [0.1, 0.15) is 46.5 Å². The van der Waals surface area contributed by atoms with Gasteiger partial charge in [0, 0.05) is 24.2 Å². The van der Waals surface area contributed by atoms with Gasteiger partial charge in [0.25, 0.3) is 0 Å². The van der Waals surface area contributed by atoms with Crippen LogP contribution in [0.5, 0.6) is 0 Å². The Bertz CT molecular complexity index is 773. The van der Waals surface area contributed by atoms with E-state index in [1.807, 2.05) is 13.8 Å². The third-order valence-corrected chi connectivity index (χ3v) is 8.31. The lowest BCUT2D eigenvalue weighted by Gasteiger charge is -2.63. The minimum atomic E-state index is -1.33. The van der Waals surface area contributed by atoms with Gasteiger partial charge in [-0.2, -0.15) is 0 Å². The summed E-state index contributed by atoms with van der Waals surface area (Å²) >= 11 is 0. The van der Waals surface area contributed by atoms with E-state index < -0.39 is 58.3 Å². The van der Waals surface area contributed by atoms with Gasteiger partial charge in [0.05, 0.1) is 12.2 Å². The molecule has 0 unspecified atom stereocenters. The molecule has 2 spiro atoms. The highest BCUT2D eigenvalue weighted by molar-refractivity contribution is 5.83. The molecule has 1 heterocycles. The maximum atomic E-state index is 13.2. The average molecular weight is 406 g/mol. The summed E-state index contributed by atoms with van der Waals surface area (Å²) in [7, 11) is 0. The van der Waals surface area contributed by atoms with Crippen molar-refractivity contribution in [1.82, 2.24) is 0 Å². The second-order valence-electron chi connectivity index (χ2n) is 10.1. The van der Waals surface area contributed by atoms with Crippen LogP contribution in [0.25, 0.3) is 0 Å². The van der Waals surface area contributed by atoms with Gasteiger partial charge in [-0.15, -0.1) is 0 Å². The van der Waals surface area contributed by atoms with Crippen LogP contribution in [0, 0.1) is 34.0 Å². The predicted molar refractivity (Wildman–Crippen MR) is 101 cm³/mol. The number of aldehydes is 1. The highest BCUT2D eigenvalue weighted by Crippen LogP contribution is 2.69. The third-order valence-electron chi connectivity index (χ3n) is 8.31. The van der Waals surface area contributed by atoms with Crippen LogP contribution >= 0.6 is 0 Å². The highest BCUT2D eigenvalue weighted by atomic mass is 16.6. The van der Waals surface area contributed by atoms with E-state index in [0.717, 1.165) is 6.29 Å². The lowest BCUT2D eigenvalue weighted by atomic mass is 9.43. The fourth-order valence-electron chi connectivity index (χ4n) is 7.17. The van der Waals surface area contributed by atoms with Crippen molar-refractivity contribution in [3.8, 4) is 0 Å². The summed E-state index contributed by atoms with van der Waals surface area (Å²) in [5, 5.41) is 22.5. The standard InChI is InChI=1S/C22H30O7/c1-11-13-7-14(25)17-21(8-13,18(11)29-12(2)24)19(27)28-10-22(17)15(9-23)20(3,4)6-5-16(22)26/h9,13-18,25-26H,1,5-8,10H2,2-4H3/t13-,14+,15-,16+,17-,18-,21+,22-/m1/s1. The molecule has 160 valence electrons. The molecule has 4 rings (SSSR count). The zero-order valence-corrected chi connectivity index (χ0v) is 17.2. The Balaban J connectivity index is 1.94. The lowest BCUT2D eigenvalue weighted by molar-refractivity contribution is -0.263. The number of aliphatic hydroxyl groups excluding tert-OH is 2. The van der Waals surface area contributed by atoms with Crippen LogP contribution in [0.3, 0.4) is 0 Å². The van der Waals surface area contributed by atoms with Gasteiger partial charge >= 0.3 is 11.9 Å². The minimum absolute atomic E-state index is 0.132. The number of fused-ring (bicyclic) bond motifs is 2. The third kappa shape index (κ3) is 2.46. The molecule has 0 aromatic heterocycles. The van der Waals surface area contributed by atoms with Crippen LogP contribution in [-0.2, 0) is 23.9 Å². The van der Waals surface area contributed by atoms with E-state index in [9.17, 15) is 24.6 Å². The summed E-state index contributed by atoms with van der Waals surface area (Å²) in [6.07, 6.45) is -0.159. The highest BCUT2D eigenvalue weighted by Gasteiger charge is 2.76. The van der Waals surface area contributed by atoms with Gasteiger partial charge in [0.1, 0.15) is 24.4 Å². The zero-order valence-electron chi connectivity index (χ0n) is 17.2. The van der Waals surface area contributed by atoms with Crippen LogP contribution in [0.15, 0.2) is 12.2 Å². The average Bonchev–Trinajstić information content (AvgIpc) is 2.84. The molecule has 0 aromatic carbocycles. The normalized spacial score (nSPS) is 48.0. The Morgan fingerprint density at radius 2 is 2.03 bits per heavy atom. The quantitative estimate of drug-likeness (QED) is 0.405. The fraction of sp³-hybridized carbons (Fsp3) is 0.773. The summed E-state index contributed by atoms with van der Waals surface area (Å²) in [6, 6.07) is 0. The van der Waals surface area contributed by atoms with Gasteiger partial charge in [-0.05, 0) is 42.6 Å². The molecule has 29 heavy (non-hydrogen) atoms. The molecule has 1 saturated heterocycles. The number of carbonyl (C=O) groups excluding carboxylic acids is 3. The maximum Gasteiger partial charge on any atom is 0.316 e. The van der Waals surface area contributed by atoms with Crippen molar-refractivity contribution < 1.29 is 34.1 Å². The second kappa shape index (κ2) is 6.38. The van der Waals surface area contributed by atoms with Crippen LogP contribution in [-0.4, -0.2) is 53.4 Å². The first-order chi connectivity index (χ1) is 13.5. The van der Waals surface area contributed by atoms with Crippen molar-refractivity contribution in [3.63, 3.8) is 0 Å². The van der Waals surface area contributed by atoms with Crippen LogP contribution in [0.2, 0.25) is 0 Å². The van der Waals surface area contributed by atoms with Gasteiger partial charge in [-0.1, -0.05) is 20.4 Å². The number of cyclic esters (lactones) is 1. The molecular formula is C22H30O7. The molecule has 8 atom stereocenters. The summed E-state index contributed by atoms with van der Waals surface area (Å²) in [5.41, 5.74) is -2.30. The predicted octanol–water partition coefficient (Wildman–Crippen LogP) is 1.40. The van der Waals surface area contributed by atoms with E-state index in [0.29, 0.717) is 31.3 Å².